The van der Waals surface area contributed by atoms with Gasteiger partial charge in [-0.25, -0.2) is 0 Å². The monoisotopic (exact) mass is 196 g/mol. The highest BCUT2D eigenvalue weighted by Crippen LogP contribution is 2.39. The molecule has 0 bridgehead atoms. The summed E-state index contributed by atoms with van der Waals surface area (Å²) in [6.07, 6.45) is 10.5. The molecule has 2 rings (SSSR count). The van der Waals surface area contributed by atoms with Crippen LogP contribution in [-0.2, 0) is 0 Å². The highest BCUT2D eigenvalue weighted by atomic mass is 16.3. The predicted molar refractivity (Wildman–Crippen MR) is 59.1 cm³/mol. The lowest BCUT2D eigenvalue weighted by Gasteiger charge is -2.37. The van der Waals surface area contributed by atoms with Crippen LogP contribution < -0.4 is 0 Å². The fraction of sp³-hybridized carbons (Fsp3) is 1.00. The summed E-state index contributed by atoms with van der Waals surface area (Å²) in [5, 5.41) is 9.99. The zero-order valence-electron chi connectivity index (χ0n) is 9.41. The number of rotatable bonds is 1. The normalized spacial score (nSPS) is 45.0. The molecular formula is C13H24O. The van der Waals surface area contributed by atoms with Gasteiger partial charge in [-0.3, -0.25) is 0 Å². The Bertz CT molecular complexity index is 170. The van der Waals surface area contributed by atoms with Crippen LogP contribution in [0.4, 0.5) is 0 Å². The lowest BCUT2D eigenvalue weighted by atomic mass is 9.70. The van der Waals surface area contributed by atoms with Gasteiger partial charge in [-0.1, -0.05) is 32.6 Å². The molecule has 0 radical (unpaired) electrons. The lowest BCUT2D eigenvalue weighted by Crippen LogP contribution is -2.33. The van der Waals surface area contributed by atoms with Crippen molar-refractivity contribution >= 4 is 0 Å². The van der Waals surface area contributed by atoms with E-state index < -0.39 is 0 Å². The summed E-state index contributed by atoms with van der Waals surface area (Å²) in [5.74, 6) is 2.43. The Balaban J connectivity index is 1.87. The van der Waals surface area contributed by atoms with Crippen molar-refractivity contribution in [1.82, 2.24) is 0 Å². The maximum absolute atomic E-state index is 9.99. The molecule has 14 heavy (non-hydrogen) atoms. The zero-order chi connectivity index (χ0) is 9.97. The molecule has 1 heteroatoms. The first kappa shape index (κ1) is 10.5. The molecule has 0 saturated heterocycles. The van der Waals surface area contributed by atoms with Crippen molar-refractivity contribution in [2.45, 2.75) is 64.4 Å². The second kappa shape index (κ2) is 4.65. The topological polar surface area (TPSA) is 20.2 Å². The first-order valence-electron chi connectivity index (χ1n) is 6.45. The Hall–Kier alpha value is -0.0400. The lowest BCUT2D eigenvalue weighted by molar-refractivity contribution is 0.0215. The molecule has 0 unspecified atom stereocenters. The summed E-state index contributed by atoms with van der Waals surface area (Å²) in [7, 11) is 0. The summed E-state index contributed by atoms with van der Waals surface area (Å²) in [6, 6.07) is 0. The van der Waals surface area contributed by atoms with Crippen LogP contribution in [0.1, 0.15) is 58.3 Å². The Labute approximate surface area is 87.9 Å². The van der Waals surface area contributed by atoms with E-state index in [1.54, 1.807) is 0 Å². The third-order valence-corrected chi connectivity index (χ3v) is 4.45. The van der Waals surface area contributed by atoms with Gasteiger partial charge >= 0.3 is 0 Å². The first-order chi connectivity index (χ1) is 6.77. The van der Waals surface area contributed by atoms with E-state index in [1.807, 2.05) is 0 Å². The van der Waals surface area contributed by atoms with Crippen LogP contribution in [0.15, 0.2) is 0 Å². The fourth-order valence-corrected chi connectivity index (χ4v) is 3.40. The van der Waals surface area contributed by atoms with Crippen molar-refractivity contribution < 1.29 is 5.11 Å². The van der Waals surface area contributed by atoms with E-state index in [0.29, 0.717) is 5.92 Å². The molecule has 2 fully saturated rings. The van der Waals surface area contributed by atoms with Gasteiger partial charge in [0.05, 0.1) is 6.10 Å². The Morgan fingerprint density at radius 1 is 0.857 bits per heavy atom. The zero-order valence-corrected chi connectivity index (χ0v) is 9.41. The smallest absolute Gasteiger partial charge is 0.0571 e. The summed E-state index contributed by atoms with van der Waals surface area (Å²) >= 11 is 0. The molecule has 2 aliphatic rings. The fourth-order valence-electron chi connectivity index (χ4n) is 3.40. The standard InChI is InChI=1S/C13H24O/c1-10-6-8-11(9-7-10)12-4-2-3-5-13(12)14/h10-14H,2-9H2,1H3/t10?,11?,12-,13-/m1/s1. The molecule has 0 aromatic heterocycles. The molecule has 0 aromatic rings. The van der Waals surface area contributed by atoms with Gasteiger partial charge in [0, 0.05) is 0 Å². The molecular weight excluding hydrogens is 172 g/mol. The van der Waals surface area contributed by atoms with E-state index in [0.717, 1.165) is 18.3 Å². The van der Waals surface area contributed by atoms with Gasteiger partial charge in [-0.2, -0.15) is 0 Å². The van der Waals surface area contributed by atoms with E-state index in [2.05, 4.69) is 6.92 Å². The van der Waals surface area contributed by atoms with Crippen LogP contribution in [0.5, 0.6) is 0 Å². The molecule has 0 heterocycles. The maximum Gasteiger partial charge on any atom is 0.0571 e. The number of aliphatic hydroxyl groups excluding tert-OH is 1. The van der Waals surface area contributed by atoms with Gasteiger partial charge in [0.25, 0.3) is 0 Å². The van der Waals surface area contributed by atoms with E-state index >= 15 is 0 Å². The SMILES string of the molecule is CC1CCC([C@H]2CCCC[C@H]2O)CC1. The largest absolute Gasteiger partial charge is 0.393 e. The molecule has 0 amide bonds. The number of aliphatic hydroxyl groups is 1. The van der Waals surface area contributed by atoms with E-state index in [9.17, 15) is 5.11 Å². The minimum absolute atomic E-state index is 0.0298. The third-order valence-electron chi connectivity index (χ3n) is 4.45. The Kier molecular flexibility index (Phi) is 3.48. The average molecular weight is 196 g/mol. The quantitative estimate of drug-likeness (QED) is 0.682. The van der Waals surface area contributed by atoms with Crippen molar-refractivity contribution in [2.24, 2.45) is 17.8 Å². The second-order valence-electron chi connectivity index (χ2n) is 5.54. The predicted octanol–water partition coefficient (Wildman–Crippen LogP) is 3.36. The number of hydrogen-bond acceptors (Lipinski definition) is 1. The molecule has 1 nitrogen and oxygen atoms in total. The molecule has 2 atom stereocenters. The van der Waals surface area contributed by atoms with Crippen LogP contribution in [0.3, 0.4) is 0 Å². The number of hydrogen-bond donors (Lipinski definition) is 1. The van der Waals surface area contributed by atoms with Crippen LogP contribution >= 0.6 is 0 Å². The molecule has 0 spiro atoms. The average Bonchev–Trinajstić information content (AvgIpc) is 2.20. The van der Waals surface area contributed by atoms with Gasteiger partial charge in [0.2, 0.25) is 0 Å². The van der Waals surface area contributed by atoms with Crippen LogP contribution in [0, 0.1) is 17.8 Å². The molecule has 2 aliphatic carbocycles. The summed E-state index contributed by atoms with van der Waals surface area (Å²) < 4.78 is 0. The van der Waals surface area contributed by atoms with Crippen LogP contribution in [-0.4, -0.2) is 11.2 Å². The third kappa shape index (κ3) is 2.31. The van der Waals surface area contributed by atoms with Gasteiger partial charge in [-0.15, -0.1) is 0 Å². The van der Waals surface area contributed by atoms with E-state index in [1.165, 1.54) is 44.9 Å². The molecule has 1 N–H and O–H groups in total. The molecule has 0 aromatic carbocycles. The minimum Gasteiger partial charge on any atom is -0.393 e. The van der Waals surface area contributed by atoms with Gasteiger partial charge in [-0.05, 0) is 43.4 Å². The van der Waals surface area contributed by atoms with E-state index in [-0.39, 0.29) is 6.10 Å². The van der Waals surface area contributed by atoms with E-state index in [4.69, 9.17) is 0 Å². The Morgan fingerprint density at radius 3 is 2.14 bits per heavy atom. The first-order valence-corrected chi connectivity index (χ1v) is 6.45. The highest BCUT2D eigenvalue weighted by Gasteiger charge is 2.32. The summed E-state index contributed by atoms with van der Waals surface area (Å²) in [5.41, 5.74) is 0. The van der Waals surface area contributed by atoms with Crippen LogP contribution in [0.2, 0.25) is 0 Å². The van der Waals surface area contributed by atoms with Crippen LogP contribution in [0.25, 0.3) is 0 Å². The van der Waals surface area contributed by atoms with Crippen molar-refractivity contribution in [2.75, 3.05) is 0 Å². The van der Waals surface area contributed by atoms with Crippen molar-refractivity contribution in [3.8, 4) is 0 Å². The van der Waals surface area contributed by atoms with Gasteiger partial charge in [0.15, 0.2) is 0 Å². The van der Waals surface area contributed by atoms with Crippen molar-refractivity contribution in [1.29, 1.82) is 0 Å². The molecule has 0 aliphatic heterocycles. The highest BCUT2D eigenvalue weighted by molar-refractivity contribution is 4.83. The molecule has 82 valence electrons. The van der Waals surface area contributed by atoms with Crippen molar-refractivity contribution in [3.05, 3.63) is 0 Å². The summed E-state index contributed by atoms with van der Waals surface area (Å²) in [4.78, 5) is 0. The summed E-state index contributed by atoms with van der Waals surface area (Å²) in [6.45, 7) is 2.37. The van der Waals surface area contributed by atoms with Crippen molar-refractivity contribution in [3.63, 3.8) is 0 Å². The minimum atomic E-state index is 0.0298. The Morgan fingerprint density at radius 2 is 1.50 bits per heavy atom. The van der Waals surface area contributed by atoms with Gasteiger partial charge < -0.3 is 5.11 Å². The van der Waals surface area contributed by atoms with Gasteiger partial charge in [0.1, 0.15) is 0 Å². The maximum atomic E-state index is 9.99. The molecule has 2 saturated carbocycles. The second-order valence-corrected chi connectivity index (χ2v) is 5.54.